The molecule has 0 aliphatic rings. The summed E-state index contributed by atoms with van der Waals surface area (Å²) in [6.07, 6.45) is 1.39. The molecule has 0 radical (unpaired) electrons. The molecule has 2 N–H and O–H groups in total. The monoisotopic (exact) mass is 307 g/mol. The first-order chi connectivity index (χ1) is 9.58. The molecule has 0 spiro atoms. The number of nitrogens with zero attached hydrogens (tertiary/aromatic N) is 2. The molecule has 7 heteroatoms. The second-order valence-electron chi connectivity index (χ2n) is 4.04. The van der Waals surface area contributed by atoms with Crippen molar-refractivity contribution in [3.63, 3.8) is 0 Å². The van der Waals surface area contributed by atoms with Crippen molar-refractivity contribution < 1.29 is 9.90 Å². The number of fused-ring (bicyclic) bond motifs is 1. The van der Waals surface area contributed by atoms with E-state index in [2.05, 4.69) is 15.0 Å². The lowest BCUT2D eigenvalue weighted by Gasteiger charge is -2.02. The van der Waals surface area contributed by atoms with Gasteiger partial charge in [-0.1, -0.05) is 29.3 Å². The third-order valence-electron chi connectivity index (χ3n) is 2.82. The van der Waals surface area contributed by atoms with Crippen LogP contribution in [-0.4, -0.2) is 26.0 Å². The van der Waals surface area contributed by atoms with Gasteiger partial charge in [-0.3, -0.25) is 0 Å². The molecule has 2 heterocycles. The summed E-state index contributed by atoms with van der Waals surface area (Å²) < 4.78 is 0. The molecule has 0 saturated heterocycles. The summed E-state index contributed by atoms with van der Waals surface area (Å²) in [5.41, 5.74) is 1.25. The summed E-state index contributed by atoms with van der Waals surface area (Å²) in [7, 11) is 0. The van der Waals surface area contributed by atoms with Crippen LogP contribution in [0, 0.1) is 0 Å². The Morgan fingerprint density at radius 3 is 2.55 bits per heavy atom. The van der Waals surface area contributed by atoms with E-state index in [1.165, 1.54) is 12.3 Å². The van der Waals surface area contributed by atoms with Crippen molar-refractivity contribution >= 4 is 40.3 Å². The lowest BCUT2D eigenvalue weighted by molar-refractivity contribution is 0.0699. The molecule has 3 rings (SSSR count). The first-order valence-electron chi connectivity index (χ1n) is 5.60. The highest BCUT2D eigenvalue weighted by Crippen LogP contribution is 2.33. The van der Waals surface area contributed by atoms with Crippen LogP contribution in [0.1, 0.15) is 10.4 Å². The second-order valence-corrected chi connectivity index (χ2v) is 4.86. The Kier molecular flexibility index (Phi) is 3.08. The minimum absolute atomic E-state index is 0.0944. The molecular formula is C13H7Cl2N3O2. The molecule has 5 nitrogen and oxygen atoms in total. The third kappa shape index (κ3) is 2.01. The highest BCUT2D eigenvalue weighted by molar-refractivity contribution is 6.39. The number of rotatable bonds is 2. The number of benzene rings is 1. The van der Waals surface area contributed by atoms with E-state index in [-0.39, 0.29) is 5.56 Å². The Hall–Kier alpha value is -2.11. The van der Waals surface area contributed by atoms with Crippen molar-refractivity contribution in [2.75, 3.05) is 0 Å². The maximum atomic E-state index is 11.2. The quantitative estimate of drug-likeness (QED) is 0.757. The van der Waals surface area contributed by atoms with Gasteiger partial charge in [0.2, 0.25) is 0 Å². The van der Waals surface area contributed by atoms with Gasteiger partial charge in [-0.15, -0.1) is 0 Å². The van der Waals surface area contributed by atoms with Crippen LogP contribution in [0.15, 0.2) is 30.5 Å². The van der Waals surface area contributed by atoms with E-state index >= 15 is 0 Å². The van der Waals surface area contributed by atoms with Gasteiger partial charge in [0.25, 0.3) is 0 Å². The smallest absolute Gasteiger partial charge is 0.338 e. The van der Waals surface area contributed by atoms with Crippen molar-refractivity contribution in [1.29, 1.82) is 0 Å². The van der Waals surface area contributed by atoms with Gasteiger partial charge in [0.15, 0.2) is 5.65 Å². The van der Waals surface area contributed by atoms with Crippen LogP contribution < -0.4 is 0 Å². The van der Waals surface area contributed by atoms with E-state index < -0.39 is 5.97 Å². The lowest BCUT2D eigenvalue weighted by Crippen LogP contribution is -1.97. The summed E-state index contributed by atoms with van der Waals surface area (Å²) in [6.45, 7) is 0. The van der Waals surface area contributed by atoms with Gasteiger partial charge in [0, 0.05) is 6.20 Å². The number of pyridine rings is 1. The molecule has 1 aromatic carbocycles. The molecule has 0 atom stereocenters. The molecule has 0 aliphatic heterocycles. The Morgan fingerprint density at radius 1 is 1.20 bits per heavy atom. The molecule has 0 fully saturated rings. The van der Waals surface area contributed by atoms with Gasteiger partial charge in [-0.25, -0.2) is 14.8 Å². The minimum atomic E-state index is -1.06. The number of carboxylic acid groups (broad SMARTS) is 1. The van der Waals surface area contributed by atoms with Crippen LogP contribution in [-0.2, 0) is 0 Å². The van der Waals surface area contributed by atoms with Crippen molar-refractivity contribution in [1.82, 2.24) is 15.0 Å². The predicted octanol–water partition coefficient (Wildman–Crippen LogP) is 3.63. The molecule has 3 aromatic rings. The van der Waals surface area contributed by atoms with Crippen LogP contribution in [0.3, 0.4) is 0 Å². The number of halogens is 2. The standard InChI is InChI=1S/C13H7Cl2N3O2/c14-7-2-1-3-8(15)9(7)11-17-10-6(13(19)20)4-5-16-12(10)18-11/h1-5H,(H,19,20)(H,16,17,18). The third-order valence-corrected chi connectivity index (χ3v) is 3.45. The number of H-pyrrole nitrogens is 1. The number of carbonyl (C=O) groups is 1. The van der Waals surface area contributed by atoms with Gasteiger partial charge in [-0.05, 0) is 18.2 Å². The van der Waals surface area contributed by atoms with Crippen LogP contribution >= 0.6 is 23.2 Å². The average Bonchev–Trinajstić information content (AvgIpc) is 2.81. The molecule has 0 amide bonds. The number of hydrogen-bond donors (Lipinski definition) is 2. The average molecular weight is 308 g/mol. The first kappa shape index (κ1) is 12.9. The number of hydrogen-bond acceptors (Lipinski definition) is 3. The topological polar surface area (TPSA) is 78.9 Å². The van der Waals surface area contributed by atoms with E-state index in [1.54, 1.807) is 18.2 Å². The first-order valence-corrected chi connectivity index (χ1v) is 6.36. The number of carboxylic acids is 1. The Labute approximate surface area is 123 Å². The van der Waals surface area contributed by atoms with E-state index in [4.69, 9.17) is 28.3 Å². The summed E-state index contributed by atoms with van der Waals surface area (Å²) in [5, 5.41) is 9.99. The summed E-state index contributed by atoms with van der Waals surface area (Å²) in [6, 6.07) is 6.49. The number of imidazole rings is 1. The Bertz CT molecular complexity index is 809. The Balaban J connectivity index is 2.29. The largest absolute Gasteiger partial charge is 0.478 e. The molecule has 0 aliphatic carbocycles. The van der Waals surface area contributed by atoms with Gasteiger partial charge < -0.3 is 10.1 Å². The lowest BCUT2D eigenvalue weighted by atomic mass is 10.2. The highest BCUT2D eigenvalue weighted by Gasteiger charge is 2.17. The molecule has 100 valence electrons. The summed E-state index contributed by atoms with van der Waals surface area (Å²) in [4.78, 5) is 22.4. The summed E-state index contributed by atoms with van der Waals surface area (Å²) >= 11 is 12.2. The maximum Gasteiger partial charge on any atom is 0.338 e. The normalized spacial score (nSPS) is 10.9. The molecular weight excluding hydrogens is 301 g/mol. The maximum absolute atomic E-state index is 11.2. The van der Waals surface area contributed by atoms with Gasteiger partial charge in [0.1, 0.15) is 5.82 Å². The van der Waals surface area contributed by atoms with Gasteiger partial charge in [-0.2, -0.15) is 0 Å². The number of aromatic nitrogens is 3. The predicted molar refractivity (Wildman–Crippen MR) is 76.3 cm³/mol. The molecule has 20 heavy (non-hydrogen) atoms. The number of nitrogens with one attached hydrogen (secondary N) is 1. The zero-order chi connectivity index (χ0) is 14.3. The molecule has 2 aromatic heterocycles. The van der Waals surface area contributed by atoms with Crippen molar-refractivity contribution in [2.24, 2.45) is 0 Å². The second kappa shape index (κ2) is 4.77. The molecule has 0 unspecified atom stereocenters. The SMILES string of the molecule is O=C(O)c1ccnc2nc(-c3c(Cl)cccc3Cl)[nH]c12. The zero-order valence-corrected chi connectivity index (χ0v) is 11.4. The number of aromatic carboxylic acids is 1. The van der Waals surface area contributed by atoms with Gasteiger partial charge in [0.05, 0.1) is 26.7 Å². The summed E-state index contributed by atoms with van der Waals surface area (Å²) in [5.74, 6) is -0.672. The van der Waals surface area contributed by atoms with Crippen molar-refractivity contribution in [2.45, 2.75) is 0 Å². The highest BCUT2D eigenvalue weighted by atomic mass is 35.5. The minimum Gasteiger partial charge on any atom is -0.478 e. The Morgan fingerprint density at radius 2 is 1.90 bits per heavy atom. The fourth-order valence-electron chi connectivity index (χ4n) is 1.93. The van der Waals surface area contributed by atoms with Crippen molar-refractivity contribution in [3.8, 4) is 11.4 Å². The zero-order valence-electron chi connectivity index (χ0n) is 9.89. The molecule has 0 saturated carbocycles. The molecule has 0 bridgehead atoms. The fourth-order valence-corrected chi connectivity index (χ4v) is 2.51. The van der Waals surface area contributed by atoms with Crippen LogP contribution in [0.4, 0.5) is 0 Å². The van der Waals surface area contributed by atoms with Crippen LogP contribution in [0.2, 0.25) is 10.0 Å². The van der Waals surface area contributed by atoms with E-state index in [0.29, 0.717) is 32.6 Å². The van der Waals surface area contributed by atoms with Crippen LogP contribution in [0.25, 0.3) is 22.6 Å². The van der Waals surface area contributed by atoms with E-state index in [9.17, 15) is 4.79 Å². The number of aromatic amines is 1. The van der Waals surface area contributed by atoms with Gasteiger partial charge >= 0.3 is 5.97 Å². The van der Waals surface area contributed by atoms with Crippen molar-refractivity contribution in [3.05, 3.63) is 46.1 Å². The van der Waals surface area contributed by atoms with E-state index in [1.807, 2.05) is 0 Å². The van der Waals surface area contributed by atoms with Crippen LogP contribution in [0.5, 0.6) is 0 Å². The van der Waals surface area contributed by atoms with E-state index in [0.717, 1.165) is 0 Å². The fraction of sp³-hybridized carbons (Fsp3) is 0.